The largest absolute Gasteiger partial charge is 0.352 e. The molecule has 0 fully saturated rings. The number of hydrogen-bond donors (Lipinski definition) is 1. The molecule has 0 aliphatic carbocycles. The number of anilines is 1. The van der Waals surface area contributed by atoms with Crippen molar-refractivity contribution in [1.82, 2.24) is 5.32 Å². The Labute approximate surface area is 182 Å². The molecule has 0 aromatic heterocycles. The first-order valence-corrected chi connectivity index (χ1v) is 11.5. The molecule has 1 atom stereocenters. The van der Waals surface area contributed by atoms with Gasteiger partial charge in [-0.3, -0.25) is 9.10 Å². The van der Waals surface area contributed by atoms with Crippen molar-refractivity contribution in [1.29, 1.82) is 0 Å². The van der Waals surface area contributed by atoms with Crippen molar-refractivity contribution in [3.05, 3.63) is 96.3 Å². The van der Waals surface area contributed by atoms with Gasteiger partial charge in [0.25, 0.3) is 10.0 Å². The Morgan fingerprint density at radius 3 is 2.13 bits per heavy atom. The number of rotatable bonds is 9. The molecular formula is C24H25FN2O3S. The molecule has 162 valence electrons. The van der Waals surface area contributed by atoms with E-state index in [1.807, 2.05) is 37.3 Å². The van der Waals surface area contributed by atoms with E-state index in [9.17, 15) is 17.6 Å². The summed E-state index contributed by atoms with van der Waals surface area (Å²) in [7, 11) is -4.00. The molecule has 0 radical (unpaired) electrons. The minimum absolute atomic E-state index is 0.0595. The van der Waals surface area contributed by atoms with Crippen molar-refractivity contribution in [3.8, 4) is 0 Å². The van der Waals surface area contributed by atoms with Gasteiger partial charge in [0.2, 0.25) is 5.91 Å². The van der Waals surface area contributed by atoms with Crippen LogP contribution in [-0.2, 0) is 21.2 Å². The van der Waals surface area contributed by atoms with Crippen LogP contribution in [0, 0.1) is 5.82 Å². The fourth-order valence-electron chi connectivity index (χ4n) is 3.19. The van der Waals surface area contributed by atoms with Gasteiger partial charge >= 0.3 is 0 Å². The lowest BCUT2D eigenvalue weighted by Crippen LogP contribution is -2.43. The molecule has 5 nitrogen and oxygen atoms in total. The average Bonchev–Trinajstić information content (AvgIpc) is 2.78. The molecule has 0 aliphatic rings. The molecule has 3 aromatic carbocycles. The molecule has 31 heavy (non-hydrogen) atoms. The van der Waals surface area contributed by atoms with E-state index in [-0.39, 0.29) is 16.6 Å². The summed E-state index contributed by atoms with van der Waals surface area (Å²) in [4.78, 5) is 12.8. The lowest BCUT2D eigenvalue weighted by Gasteiger charge is -2.25. The van der Waals surface area contributed by atoms with Gasteiger partial charge in [-0.1, -0.05) is 48.5 Å². The highest BCUT2D eigenvalue weighted by Gasteiger charge is 2.27. The van der Waals surface area contributed by atoms with Crippen molar-refractivity contribution in [2.45, 2.75) is 30.7 Å². The van der Waals surface area contributed by atoms with Crippen LogP contribution in [0.3, 0.4) is 0 Å². The van der Waals surface area contributed by atoms with E-state index in [0.29, 0.717) is 0 Å². The number of carbonyl (C=O) groups excluding carboxylic acids is 1. The molecule has 7 heteroatoms. The van der Waals surface area contributed by atoms with Crippen LogP contribution in [0.5, 0.6) is 0 Å². The molecule has 0 saturated carbocycles. The fourth-order valence-corrected chi connectivity index (χ4v) is 4.64. The van der Waals surface area contributed by atoms with Crippen LogP contribution in [0.4, 0.5) is 10.1 Å². The first-order chi connectivity index (χ1) is 14.9. The maximum atomic E-state index is 13.4. The summed E-state index contributed by atoms with van der Waals surface area (Å²) in [5.41, 5.74) is 1.39. The first-order valence-electron chi connectivity index (χ1n) is 10.0. The van der Waals surface area contributed by atoms with Gasteiger partial charge in [-0.25, -0.2) is 12.8 Å². The molecule has 3 rings (SSSR count). The summed E-state index contributed by atoms with van der Waals surface area (Å²) in [5, 5.41) is 2.87. The second-order valence-corrected chi connectivity index (χ2v) is 9.16. The van der Waals surface area contributed by atoms with Gasteiger partial charge in [0.1, 0.15) is 12.4 Å². The Balaban J connectivity index is 1.73. The zero-order valence-corrected chi connectivity index (χ0v) is 18.1. The smallest absolute Gasteiger partial charge is 0.264 e. The van der Waals surface area contributed by atoms with Crippen LogP contribution < -0.4 is 9.62 Å². The Morgan fingerprint density at radius 1 is 0.935 bits per heavy atom. The van der Waals surface area contributed by atoms with Gasteiger partial charge in [0, 0.05) is 6.04 Å². The number of halogens is 1. The van der Waals surface area contributed by atoms with Gasteiger partial charge in [-0.2, -0.15) is 0 Å². The Hall–Kier alpha value is -3.19. The molecule has 0 saturated heterocycles. The van der Waals surface area contributed by atoms with Crippen LogP contribution in [0.25, 0.3) is 0 Å². The van der Waals surface area contributed by atoms with Crippen molar-refractivity contribution in [2.75, 3.05) is 10.8 Å². The fraction of sp³-hybridized carbons (Fsp3) is 0.208. The van der Waals surface area contributed by atoms with E-state index in [2.05, 4.69) is 5.32 Å². The van der Waals surface area contributed by atoms with E-state index in [0.717, 1.165) is 17.1 Å². The Kier molecular flexibility index (Phi) is 7.41. The van der Waals surface area contributed by atoms with E-state index in [1.54, 1.807) is 18.2 Å². The van der Waals surface area contributed by atoms with E-state index >= 15 is 0 Å². The van der Waals surface area contributed by atoms with Gasteiger partial charge in [0.15, 0.2) is 0 Å². The molecule has 3 aromatic rings. The second-order valence-electron chi connectivity index (χ2n) is 7.29. The summed E-state index contributed by atoms with van der Waals surface area (Å²) in [6, 6.07) is 22.7. The highest BCUT2D eigenvalue weighted by molar-refractivity contribution is 7.92. The number of nitrogens with zero attached hydrogens (tertiary/aromatic N) is 1. The first kappa shape index (κ1) is 22.5. The van der Waals surface area contributed by atoms with Gasteiger partial charge < -0.3 is 5.32 Å². The minimum Gasteiger partial charge on any atom is -0.352 e. The van der Waals surface area contributed by atoms with Crippen molar-refractivity contribution in [2.24, 2.45) is 0 Å². The van der Waals surface area contributed by atoms with E-state index in [1.165, 1.54) is 42.0 Å². The predicted octanol–water partition coefficient (Wildman–Crippen LogP) is 4.16. The maximum Gasteiger partial charge on any atom is 0.264 e. The number of benzene rings is 3. The van der Waals surface area contributed by atoms with E-state index in [4.69, 9.17) is 0 Å². The lowest BCUT2D eigenvalue weighted by atomic mass is 10.1. The standard InChI is InChI=1S/C24H25FN2O3S/c1-19(12-13-20-8-4-2-5-9-20)26-24(28)18-27(22-16-14-21(25)15-17-22)31(29,30)23-10-6-3-7-11-23/h2-11,14-17,19H,12-13,18H2,1H3,(H,26,28)/t19-/m0/s1. The van der Waals surface area contributed by atoms with Crippen molar-refractivity contribution >= 4 is 21.6 Å². The quantitative estimate of drug-likeness (QED) is 0.543. The normalized spacial score (nSPS) is 12.2. The summed E-state index contributed by atoms with van der Waals surface area (Å²) in [5.74, 6) is -0.913. The van der Waals surface area contributed by atoms with Crippen molar-refractivity contribution < 1.29 is 17.6 Å². The summed E-state index contributed by atoms with van der Waals surface area (Å²) in [6.07, 6.45) is 1.52. The molecular weight excluding hydrogens is 415 g/mol. The average molecular weight is 441 g/mol. The van der Waals surface area contributed by atoms with Gasteiger partial charge in [-0.05, 0) is 61.7 Å². The SMILES string of the molecule is C[C@@H](CCc1ccccc1)NC(=O)CN(c1ccc(F)cc1)S(=O)(=O)c1ccccc1. The topological polar surface area (TPSA) is 66.5 Å². The zero-order chi connectivity index (χ0) is 22.3. The maximum absolute atomic E-state index is 13.4. The third kappa shape index (κ3) is 6.15. The third-order valence-electron chi connectivity index (χ3n) is 4.85. The summed E-state index contributed by atoms with van der Waals surface area (Å²) in [6.45, 7) is 1.48. The third-order valence-corrected chi connectivity index (χ3v) is 6.64. The molecule has 0 unspecified atom stereocenters. The number of sulfonamides is 1. The second kappa shape index (κ2) is 10.2. The Morgan fingerprint density at radius 2 is 1.52 bits per heavy atom. The number of nitrogens with one attached hydrogen (secondary N) is 1. The molecule has 0 aliphatic heterocycles. The Bertz CT molecular complexity index is 1090. The van der Waals surface area contributed by atoms with Crippen LogP contribution in [0.2, 0.25) is 0 Å². The molecule has 1 N–H and O–H groups in total. The zero-order valence-electron chi connectivity index (χ0n) is 17.2. The molecule has 0 heterocycles. The summed E-state index contributed by atoms with van der Waals surface area (Å²) < 4.78 is 40.8. The van der Waals surface area contributed by atoms with Gasteiger partial charge in [-0.15, -0.1) is 0 Å². The van der Waals surface area contributed by atoms with Crippen LogP contribution in [0.15, 0.2) is 89.8 Å². The predicted molar refractivity (Wildman–Crippen MR) is 120 cm³/mol. The lowest BCUT2D eigenvalue weighted by molar-refractivity contribution is -0.120. The van der Waals surface area contributed by atoms with Crippen LogP contribution in [-0.4, -0.2) is 26.9 Å². The number of hydrogen-bond acceptors (Lipinski definition) is 3. The van der Waals surface area contributed by atoms with Crippen LogP contribution in [0.1, 0.15) is 18.9 Å². The van der Waals surface area contributed by atoms with Crippen molar-refractivity contribution in [3.63, 3.8) is 0 Å². The number of carbonyl (C=O) groups is 1. The molecule has 0 bridgehead atoms. The highest BCUT2D eigenvalue weighted by Crippen LogP contribution is 2.23. The highest BCUT2D eigenvalue weighted by atomic mass is 32.2. The molecule has 1 amide bonds. The number of aryl methyl sites for hydroxylation is 1. The van der Waals surface area contributed by atoms with E-state index < -0.39 is 28.3 Å². The number of amides is 1. The van der Waals surface area contributed by atoms with Gasteiger partial charge in [0.05, 0.1) is 10.6 Å². The van der Waals surface area contributed by atoms with Crippen LogP contribution >= 0.6 is 0 Å². The minimum atomic E-state index is -4.00. The molecule has 0 spiro atoms. The summed E-state index contributed by atoms with van der Waals surface area (Å²) >= 11 is 0. The monoisotopic (exact) mass is 440 g/mol.